The molecule has 0 radical (unpaired) electrons. The van der Waals surface area contributed by atoms with Crippen molar-refractivity contribution in [2.75, 3.05) is 0 Å². The number of amides is 1. The minimum absolute atomic E-state index is 0.110. The van der Waals surface area contributed by atoms with Gasteiger partial charge in [0.2, 0.25) is 0 Å². The van der Waals surface area contributed by atoms with E-state index in [4.69, 9.17) is 0 Å². The summed E-state index contributed by atoms with van der Waals surface area (Å²) in [5, 5.41) is 14.4. The van der Waals surface area contributed by atoms with Gasteiger partial charge in [0.1, 0.15) is 5.56 Å². The van der Waals surface area contributed by atoms with Gasteiger partial charge >= 0.3 is 0 Å². The zero-order valence-electron chi connectivity index (χ0n) is 17.7. The molecule has 2 saturated heterocycles. The molecule has 6 heteroatoms. The zero-order chi connectivity index (χ0) is 20.7. The number of nitro groups is 1. The van der Waals surface area contributed by atoms with Crippen LogP contribution in [0.3, 0.4) is 0 Å². The summed E-state index contributed by atoms with van der Waals surface area (Å²) in [6, 6.07) is 8.23. The Morgan fingerprint density at radius 1 is 0.900 bits per heavy atom. The molecule has 6 nitrogen and oxygen atoms in total. The summed E-state index contributed by atoms with van der Waals surface area (Å²) in [5.74, 6) is 1.56. The molecule has 4 aliphatic rings. The number of nitrogens with one attached hydrogen (secondary N) is 1. The van der Waals surface area contributed by atoms with Crippen LogP contribution in [0.2, 0.25) is 0 Å². The molecule has 1 aromatic carbocycles. The van der Waals surface area contributed by atoms with Crippen LogP contribution < -0.4 is 5.32 Å². The number of carbonyl (C=O) groups excluding carboxylic acids is 1. The average molecular weight is 412 g/mol. The second-order valence-corrected chi connectivity index (χ2v) is 10.1. The largest absolute Gasteiger partial charge is 0.349 e. The third-order valence-corrected chi connectivity index (χ3v) is 8.24. The van der Waals surface area contributed by atoms with E-state index in [1.54, 1.807) is 18.2 Å². The number of hydrogen-bond acceptors (Lipinski definition) is 4. The number of nitro benzene ring substituents is 1. The van der Waals surface area contributed by atoms with Crippen LogP contribution in [-0.4, -0.2) is 39.9 Å². The molecule has 6 atom stereocenters. The van der Waals surface area contributed by atoms with Crippen LogP contribution in [0, 0.1) is 22.0 Å². The summed E-state index contributed by atoms with van der Waals surface area (Å²) in [7, 11) is 0. The summed E-state index contributed by atoms with van der Waals surface area (Å²) in [6.45, 7) is 0. The summed E-state index contributed by atoms with van der Waals surface area (Å²) >= 11 is 0. The third kappa shape index (κ3) is 3.86. The number of nitrogens with zero attached hydrogens (tertiary/aromatic N) is 2. The second kappa shape index (κ2) is 8.29. The van der Waals surface area contributed by atoms with Crippen LogP contribution in [-0.2, 0) is 0 Å². The van der Waals surface area contributed by atoms with E-state index in [1.165, 1.54) is 63.9 Å². The molecule has 162 valence electrons. The maximum Gasteiger partial charge on any atom is 0.282 e. The van der Waals surface area contributed by atoms with Gasteiger partial charge < -0.3 is 5.32 Å². The first kappa shape index (κ1) is 20.0. The first-order chi connectivity index (χ1) is 14.6. The number of fused-ring (bicyclic) bond motifs is 4. The highest BCUT2D eigenvalue weighted by Crippen LogP contribution is 2.45. The molecule has 1 aromatic rings. The van der Waals surface area contributed by atoms with E-state index in [0.717, 1.165) is 30.7 Å². The molecule has 4 fully saturated rings. The van der Waals surface area contributed by atoms with Gasteiger partial charge in [-0.1, -0.05) is 37.8 Å². The van der Waals surface area contributed by atoms with Crippen LogP contribution in [0.25, 0.3) is 0 Å². The highest BCUT2D eigenvalue weighted by molar-refractivity contribution is 5.98. The van der Waals surface area contributed by atoms with E-state index in [9.17, 15) is 14.9 Å². The van der Waals surface area contributed by atoms with Gasteiger partial charge in [0.25, 0.3) is 11.6 Å². The van der Waals surface area contributed by atoms with Gasteiger partial charge in [0, 0.05) is 30.2 Å². The minimum atomic E-state index is -0.466. The summed E-state index contributed by atoms with van der Waals surface area (Å²) in [5.41, 5.74) is 0.0663. The average Bonchev–Trinajstić information content (AvgIpc) is 2.72. The van der Waals surface area contributed by atoms with Crippen LogP contribution >= 0.6 is 0 Å². The van der Waals surface area contributed by atoms with Gasteiger partial charge in [-0.15, -0.1) is 0 Å². The first-order valence-electron chi connectivity index (χ1n) is 11.9. The van der Waals surface area contributed by atoms with Crippen molar-refractivity contribution in [2.24, 2.45) is 11.8 Å². The Labute approximate surface area is 178 Å². The molecule has 1 amide bonds. The third-order valence-electron chi connectivity index (χ3n) is 8.24. The summed E-state index contributed by atoms with van der Waals surface area (Å²) in [6.07, 6.45) is 14.2. The van der Waals surface area contributed by atoms with Gasteiger partial charge in [-0.25, -0.2) is 0 Å². The SMILES string of the molecule is O=C(N[C@H]1C[C@H]2CCC[C@@H](C1)N2[C@H]1C[C@@H]2CCC[C@@H](C2)C1)c1ccccc1[N+](=O)[O-]. The van der Waals surface area contributed by atoms with Gasteiger partial charge in [-0.05, 0) is 62.8 Å². The lowest BCUT2D eigenvalue weighted by Gasteiger charge is -2.55. The van der Waals surface area contributed by atoms with Crippen LogP contribution in [0.15, 0.2) is 24.3 Å². The fourth-order valence-corrected chi connectivity index (χ4v) is 7.16. The van der Waals surface area contributed by atoms with Crippen molar-refractivity contribution in [3.63, 3.8) is 0 Å². The van der Waals surface area contributed by atoms with Crippen LogP contribution in [0.5, 0.6) is 0 Å². The van der Waals surface area contributed by atoms with Crippen molar-refractivity contribution in [3.8, 4) is 0 Å². The number of rotatable bonds is 4. The quantitative estimate of drug-likeness (QED) is 0.577. The van der Waals surface area contributed by atoms with E-state index >= 15 is 0 Å². The maximum atomic E-state index is 12.8. The summed E-state index contributed by atoms with van der Waals surface area (Å²) < 4.78 is 0. The molecule has 0 spiro atoms. The van der Waals surface area contributed by atoms with E-state index in [-0.39, 0.29) is 23.2 Å². The molecule has 2 aliphatic carbocycles. The van der Waals surface area contributed by atoms with E-state index < -0.39 is 4.92 Å². The monoisotopic (exact) mass is 411 g/mol. The van der Waals surface area contributed by atoms with Gasteiger partial charge in [-0.2, -0.15) is 0 Å². The number of hydrogen-bond donors (Lipinski definition) is 1. The van der Waals surface area contributed by atoms with Crippen LogP contribution in [0.1, 0.15) is 81.0 Å². The van der Waals surface area contributed by atoms with Crippen molar-refractivity contribution in [3.05, 3.63) is 39.9 Å². The normalized spacial score (nSPS) is 36.1. The maximum absolute atomic E-state index is 12.8. The molecule has 4 bridgehead atoms. The Hall–Kier alpha value is -1.95. The lowest BCUT2D eigenvalue weighted by atomic mass is 9.68. The number of carbonyl (C=O) groups is 1. The molecule has 0 aromatic heterocycles. The Morgan fingerprint density at radius 3 is 2.20 bits per heavy atom. The molecular formula is C24H33N3O3. The van der Waals surface area contributed by atoms with Crippen molar-refractivity contribution in [1.82, 2.24) is 10.2 Å². The minimum Gasteiger partial charge on any atom is -0.349 e. The lowest BCUT2D eigenvalue weighted by molar-refractivity contribution is -0.385. The molecule has 30 heavy (non-hydrogen) atoms. The second-order valence-electron chi connectivity index (χ2n) is 10.1. The fourth-order valence-electron chi connectivity index (χ4n) is 7.16. The fraction of sp³-hybridized carbons (Fsp3) is 0.708. The number of para-hydroxylation sites is 1. The smallest absolute Gasteiger partial charge is 0.282 e. The molecule has 1 N–H and O–H groups in total. The lowest BCUT2D eigenvalue weighted by Crippen LogP contribution is -2.61. The molecule has 2 saturated carbocycles. The van der Waals surface area contributed by atoms with Crippen LogP contribution in [0.4, 0.5) is 5.69 Å². The van der Waals surface area contributed by atoms with Crippen molar-refractivity contribution >= 4 is 11.6 Å². The predicted molar refractivity (Wildman–Crippen MR) is 115 cm³/mol. The van der Waals surface area contributed by atoms with E-state index in [2.05, 4.69) is 10.2 Å². The standard InChI is InChI=1S/C24H33N3O3/c28-24(22-9-1-2-10-23(22)27(29)30)25-18-14-19-7-4-8-20(15-18)26(19)21-12-16-5-3-6-17(11-16)13-21/h1-2,9-10,16-21H,3-8,11-15H2,(H,25,28)/t16-,17+,18-,19+,20-,21+. The van der Waals surface area contributed by atoms with Gasteiger partial charge in [0.15, 0.2) is 0 Å². The van der Waals surface area contributed by atoms with E-state index in [0.29, 0.717) is 12.1 Å². The molecule has 0 unspecified atom stereocenters. The molecule has 2 heterocycles. The highest BCUT2D eigenvalue weighted by atomic mass is 16.6. The Balaban J connectivity index is 1.27. The highest BCUT2D eigenvalue weighted by Gasteiger charge is 2.45. The molecular weight excluding hydrogens is 378 g/mol. The topological polar surface area (TPSA) is 75.5 Å². The summed E-state index contributed by atoms with van der Waals surface area (Å²) in [4.78, 5) is 26.5. The Bertz CT molecular complexity index is 787. The first-order valence-corrected chi connectivity index (χ1v) is 11.9. The van der Waals surface area contributed by atoms with Crippen molar-refractivity contribution < 1.29 is 9.72 Å². The predicted octanol–water partition coefficient (Wildman–Crippen LogP) is 4.68. The zero-order valence-corrected chi connectivity index (χ0v) is 17.7. The Kier molecular flexibility index (Phi) is 5.52. The van der Waals surface area contributed by atoms with Gasteiger partial charge in [-0.3, -0.25) is 19.8 Å². The van der Waals surface area contributed by atoms with Crippen molar-refractivity contribution in [2.45, 2.75) is 94.8 Å². The Morgan fingerprint density at radius 2 is 1.53 bits per heavy atom. The van der Waals surface area contributed by atoms with Crippen molar-refractivity contribution in [1.29, 1.82) is 0 Å². The molecule has 5 rings (SSSR count). The number of benzene rings is 1. The van der Waals surface area contributed by atoms with E-state index in [1.807, 2.05) is 0 Å². The number of piperidine rings is 2. The molecule has 2 aliphatic heterocycles. The van der Waals surface area contributed by atoms with Gasteiger partial charge in [0.05, 0.1) is 4.92 Å².